The first-order valence-electron chi connectivity index (χ1n) is 4.68. The number of rotatable bonds is 7. The Hall–Kier alpha value is -0.0900. The Labute approximate surface area is 96.4 Å². The molecule has 0 aromatic rings. The molecule has 0 bridgehead atoms. The van der Waals surface area contributed by atoms with Gasteiger partial charge >= 0.3 is 8.60 Å². The van der Waals surface area contributed by atoms with Gasteiger partial charge in [0.25, 0.3) is 0 Å². The van der Waals surface area contributed by atoms with Gasteiger partial charge in [-0.2, -0.15) is 0 Å². The summed E-state index contributed by atoms with van der Waals surface area (Å²) in [4.78, 5) is 10.7. The standard InChI is InChI=1S/C9H17O4PS/c1-5-11-14(12-6-2)13-8(3)7-15-9(4)10/h7H,5-6H2,1-4H3/b8-7+. The van der Waals surface area contributed by atoms with Gasteiger partial charge in [0.15, 0.2) is 5.12 Å². The van der Waals surface area contributed by atoms with Crippen molar-refractivity contribution in [3.63, 3.8) is 0 Å². The lowest BCUT2D eigenvalue weighted by Gasteiger charge is -2.15. The minimum absolute atomic E-state index is 0.0232. The SMILES string of the molecule is CCOP(OCC)O/C(C)=C/SC(C)=O. The molecule has 0 heterocycles. The summed E-state index contributed by atoms with van der Waals surface area (Å²) in [6, 6.07) is 0. The van der Waals surface area contributed by atoms with E-state index in [4.69, 9.17) is 13.6 Å². The average molecular weight is 252 g/mol. The van der Waals surface area contributed by atoms with Gasteiger partial charge in [0.05, 0.1) is 13.2 Å². The molecule has 0 aliphatic rings. The van der Waals surface area contributed by atoms with Crippen molar-refractivity contribution < 1.29 is 18.4 Å². The lowest BCUT2D eigenvalue weighted by molar-refractivity contribution is -0.109. The van der Waals surface area contributed by atoms with E-state index in [2.05, 4.69) is 0 Å². The summed E-state index contributed by atoms with van der Waals surface area (Å²) in [5, 5.41) is 1.67. The van der Waals surface area contributed by atoms with E-state index in [9.17, 15) is 4.79 Å². The van der Waals surface area contributed by atoms with Crippen LogP contribution in [-0.4, -0.2) is 18.3 Å². The third kappa shape index (κ3) is 8.88. The fourth-order valence-corrected chi connectivity index (χ4v) is 1.95. The van der Waals surface area contributed by atoms with E-state index >= 15 is 0 Å². The lowest BCUT2D eigenvalue weighted by atomic mass is 10.7. The molecule has 0 atom stereocenters. The zero-order valence-corrected chi connectivity index (χ0v) is 11.2. The third-order valence-electron chi connectivity index (χ3n) is 1.08. The largest absolute Gasteiger partial charge is 0.431 e. The molecule has 0 aliphatic heterocycles. The molecule has 0 radical (unpaired) electrons. The van der Waals surface area contributed by atoms with E-state index in [0.717, 1.165) is 11.8 Å². The van der Waals surface area contributed by atoms with Crippen LogP contribution in [0.25, 0.3) is 0 Å². The molecule has 0 unspecified atom stereocenters. The molecule has 0 amide bonds. The van der Waals surface area contributed by atoms with Crippen molar-refractivity contribution in [3.8, 4) is 0 Å². The predicted molar refractivity (Wildman–Crippen MR) is 63.3 cm³/mol. The summed E-state index contributed by atoms with van der Waals surface area (Å²) in [5.74, 6) is 0.628. The van der Waals surface area contributed by atoms with Crippen molar-refractivity contribution in [1.29, 1.82) is 0 Å². The van der Waals surface area contributed by atoms with Gasteiger partial charge in [-0.05, 0) is 20.8 Å². The molecule has 4 nitrogen and oxygen atoms in total. The molecule has 0 saturated heterocycles. The van der Waals surface area contributed by atoms with Crippen LogP contribution in [0.3, 0.4) is 0 Å². The van der Waals surface area contributed by atoms with Gasteiger partial charge in [-0.25, -0.2) is 0 Å². The van der Waals surface area contributed by atoms with Crippen molar-refractivity contribution in [2.75, 3.05) is 13.2 Å². The number of hydrogen-bond donors (Lipinski definition) is 0. The Bertz CT molecular complexity index is 214. The Kier molecular flexibility index (Phi) is 9.10. The van der Waals surface area contributed by atoms with Gasteiger partial charge in [-0.1, -0.05) is 11.8 Å². The summed E-state index contributed by atoms with van der Waals surface area (Å²) in [7, 11) is -1.32. The second kappa shape index (κ2) is 9.16. The van der Waals surface area contributed by atoms with E-state index in [1.807, 2.05) is 13.8 Å². The van der Waals surface area contributed by atoms with Gasteiger partial charge in [0.1, 0.15) is 5.76 Å². The quantitative estimate of drug-likeness (QED) is 0.513. The zero-order valence-electron chi connectivity index (χ0n) is 9.48. The molecule has 0 aliphatic carbocycles. The van der Waals surface area contributed by atoms with E-state index in [-0.39, 0.29) is 5.12 Å². The topological polar surface area (TPSA) is 44.8 Å². The van der Waals surface area contributed by atoms with Crippen LogP contribution in [0.5, 0.6) is 0 Å². The van der Waals surface area contributed by atoms with Crippen LogP contribution in [0.4, 0.5) is 0 Å². The highest BCUT2D eigenvalue weighted by molar-refractivity contribution is 8.16. The smallest absolute Gasteiger partial charge is 0.396 e. The third-order valence-corrected chi connectivity index (χ3v) is 3.24. The Balaban J connectivity index is 4.02. The fourth-order valence-electron chi connectivity index (χ4n) is 0.606. The van der Waals surface area contributed by atoms with E-state index < -0.39 is 8.60 Å². The molecule has 0 spiro atoms. The Morgan fingerprint density at radius 1 is 1.27 bits per heavy atom. The summed E-state index contributed by atoms with van der Waals surface area (Å²) < 4.78 is 15.9. The van der Waals surface area contributed by atoms with Gasteiger partial charge in [-0.3, -0.25) is 4.79 Å². The van der Waals surface area contributed by atoms with Crippen LogP contribution in [-0.2, 0) is 18.4 Å². The molecule has 0 aromatic carbocycles. The first-order valence-corrected chi connectivity index (χ1v) is 6.65. The number of carbonyl (C=O) groups is 1. The molecular formula is C9H17O4PS. The van der Waals surface area contributed by atoms with Crippen molar-refractivity contribution in [2.45, 2.75) is 27.7 Å². The van der Waals surface area contributed by atoms with Crippen LogP contribution in [0.15, 0.2) is 11.2 Å². The molecule has 0 fully saturated rings. The summed E-state index contributed by atoms with van der Waals surface area (Å²) in [5.41, 5.74) is 0. The van der Waals surface area contributed by atoms with Crippen molar-refractivity contribution in [3.05, 3.63) is 11.2 Å². The molecule has 0 rings (SSSR count). The average Bonchev–Trinajstić information content (AvgIpc) is 2.15. The van der Waals surface area contributed by atoms with Crippen LogP contribution >= 0.6 is 20.4 Å². The molecular weight excluding hydrogens is 235 g/mol. The van der Waals surface area contributed by atoms with Crippen LogP contribution in [0.2, 0.25) is 0 Å². The first-order chi connectivity index (χ1) is 7.10. The highest BCUT2D eigenvalue weighted by Gasteiger charge is 2.12. The van der Waals surface area contributed by atoms with Crippen molar-refractivity contribution in [1.82, 2.24) is 0 Å². The number of hydrogen-bond acceptors (Lipinski definition) is 5. The Morgan fingerprint density at radius 2 is 1.80 bits per heavy atom. The van der Waals surface area contributed by atoms with Crippen LogP contribution in [0, 0.1) is 0 Å². The second-order valence-electron chi connectivity index (χ2n) is 2.49. The van der Waals surface area contributed by atoms with Crippen LogP contribution < -0.4 is 0 Å². The van der Waals surface area contributed by atoms with Gasteiger partial charge in [-0.15, -0.1) is 0 Å². The van der Waals surface area contributed by atoms with Gasteiger partial charge < -0.3 is 13.6 Å². The van der Waals surface area contributed by atoms with E-state index in [1.165, 1.54) is 6.92 Å². The number of carbonyl (C=O) groups excluding carboxylic acids is 1. The van der Waals surface area contributed by atoms with Gasteiger partial charge in [0, 0.05) is 12.3 Å². The summed E-state index contributed by atoms with van der Waals surface area (Å²) in [6.45, 7) is 8.10. The second-order valence-corrected chi connectivity index (χ2v) is 4.68. The zero-order chi connectivity index (χ0) is 11.7. The van der Waals surface area contributed by atoms with Crippen molar-refractivity contribution >= 4 is 25.5 Å². The number of thioether (sulfide) groups is 1. The predicted octanol–water partition coefficient (Wildman–Crippen LogP) is 3.44. The molecule has 88 valence electrons. The summed E-state index contributed by atoms with van der Waals surface area (Å²) >= 11 is 1.09. The first kappa shape index (κ1) is 14.9. The monoisotopic (exact) mass is 252 g/mol. The van der Waals surface area contributed by atoms with E-state index in [0.29, 0.717) is 19.0 Å². The minimum atomic E-state index is -1.32. The molecule has 0 aromatic heterocycles. The van der Waals surface area contributed by atoms with E-state index in [1.54, 1.807) is 12.3 Å². The summed E-state index contributed by atoms with van der Waals surface area (Å²) in [6.07, 6.45) is 0. The Morgan fingerprint density at radius 3 is 2.20 bits per heavy atom. The molecule has 0 saturated carbocycles. The maximum atomic E-state index is 10.7. The highest BCUT2D eigenvalue weighted by Crippen LogP contribution is 2.41. The number of allylic oxidation sites excluding steroid dienone is 1. The normalized spacial score (nSPS) is 11.9. The fraction of sp³-hybridized carbons (Fsp3) is 0.667. The maximum absolute atomic E-state index is 10.7. The minimum Gasteiger partial charge on any atom is -0.431 e. The van der Waals surface area contributed by atoms with Crippen LogP contribution in [0.1, 0.15) is 27.7 Å². The molecule has 0 N–H and O–H groups in total. The molecule has 15 heavy (non-hydrogen) atoms. The maximum Gasteiger partial charge on any atom is 0.396 e. The van der Waals surface area contributed by atoms with Gasteiger partial charge in [0.2, 0.25) is 0 Å². The van der Waals surface area contributed by atoms with Crippen molar-refractivity contribution in [2.24, 2.45) is 0 Å². The highest BCUT2D eigenvalue weighted by atomic mass is 32.2. The lowest BCUT2D eigenvalue weighted by Crippen LogP contribution is -1.94. The molecule has 6 heteroatoms.